The number of nitrogens with one attached hydrogen (secondary N) is 1. The first kappa shape index (κ1) is 17.9. The van der Waals surface area contributed by atoms with Gasteiger partial charge in [0.2, 0.25) is 0 Å². The van der Waals surface area contributed by atoms with Gasteiger partial charge in [-0.25, -0.2) is 4.68 Å². The predicted octanol–water partition coefficient (Wildman–Crippen LogP) is 4.04. The second kappa shape index (κ2) is 7.34. The van der Waals surface area contributed by atoms with E-state index in [9.17, 15) is 4.79 Å². The number of amides is 1. The standard InChI is InChI=1S/C23H22N4O2/c24-13-15-8-11-21(29-14-15)27-20-7-2-1-6-19(20)22(26-27)16-4-3-5-17(12-16)23(28)25-18-9-10-18/h1-7,12,15,18,21H,8-11,14H2,(H,25,28). The van der Waals surface area contributed by atoms with Crippen molar-refractivity contribution in [2.24, 2.45) is 5.92 Å². The van der Waals surface area contributed by atoms with Crippen LogP contribution < -0.4 is 5.32 Å². The number of nitriles is 1. The fourth-order valence-electron chi connectivity index (χ4n) is 3.86. The van der Waals surface area contributed by atoms with Crippen molar-refractivity contribution in [2.75, 3.05) is 6.61 Å². The highest BCUT2D eigenvalue weighted by Crippen LogP contribution is 2.34. The van der Waals surface area contributed by atoms with Crippen LogP contribution in [-0.4, -0.2) is 28.3 Å². The first-order valence-electron chi connectivity index (χ1n) is 10.1. The molecule has 3 aromatic rings. The molecule has 1 saturated carbocycles. The van der Waals surface area contributed by atoms with Gasteiger partial charge in [-0.05, 0) is 43.9 Å². The molecule has 1 amide bonds. The number of hydrogen-bond donors (Lipinski definition) is 1. The maximum Gasteiger partial charge on any atom is 0.251 e. The molecule has 1 aliphatic carbocycles. The average Bonchev–Trinajstić information content (AvgIpc) is 3.51. The number of benzene rings is 2. The third-order valence-electron chi connectivity index (χ3n) is 5.63. The first-order valence-corrected chi connectivity index (χ1v) is 10.1. The normalized spacial score (nSPS) is 21.6. The van der Waals surface area contributed by atoms with Crippen LogP contribution >= 0.6 is 0 Å². The fraction of sp³-hybridized carbons (Fsp3) is 0.348. The maximum absolute atomic E-state index is 12.5. The lowest BCUT2D eigenvalue weighted by Gasteiger charge is -2.26. The molecule has 29 heavy (non-hydrogen) atoms. The molecule has 0 radical (unpaired) electrons. The summed E-state index contributed by atoms with van der Waals surface area (Å²) in [4.78, 5) is 12.5. The minimum absolute atomic E-state index is 0.0313. The molecule has 2 aliphatic rings. The van der Waals surface area contributed by atoms with Gasteiger partial charge in [-0.3, -0.25) is 4.79 Å². The van der Waals surface area contributed by atoms with Gasteiger partial charge in [-0.1, -0.05) is 30.3 Å². The largest absolute Gasteiger partial charge is 0.355 e. The predicted molar refractivity (Wildman–Crippen MR) is 109 cm³/mol. The molecule has 1 saturated heterocycles. The van der Waals surface area contributed by atoms with Crippen LogP contribution in [0.4, 0.5) is 0 Å². The van der Waals surface area contributed by atoms with Crippen LogP contribution in [0.2, 0.25) is 0 Å². The van der Waals surface area contributed by atoms with Crippen LogP contribution in [0.5, 0.6) is 0 Å². The van der Waals surface area contributed by atoms with Crippen LogP contribution in [0.3, 0.4) is 0 Å². The lowest BCUT2D eigenvalue weighted by atomic mass is 10.0. The van der Waals surface area contributed by atoms with Gasteiger partial charge in [0.05, 0.1) is 24.1 Å². The Morgan fingerprint density at radius 2 is 2.00 bits per heavy atom. The number of nitrogens with zero attached hydrogens (tertiary/aromatic N) is 3. The van der Waals surface area contributed by atoms with Gasteiger partial charge in [0.15, 0.2) is 6.23 Å². The Bertz CT molecular complexity index is 1100. The van der Waals surface area contributed by atoms with Crippen molar-refractivity contribution in [1.29, 1.82) is 5.26 Å². The van der Waals surface area contributed by atoms with Gasteiger partial charge >= 0.3 is 0 Å². The maximum atomic E-state index is 12.5. The summed E-state index contributed by atoms with van der Waals surface area (Å²) < 4.78 is 7.88. The van der Waals surface area contributed by atoms with Crippen molar-refractivity contribution in [3.05, 3.63) is 54.1 Å². The van der Waals surface area contributed by atoms with E-state index >= 15 is 0 Å². The Hall–Kier alpha value is -3.17. The summed E-state index contributed by atoms with van der Waals surface area (Å²) >= 11 is 0. The van der Waals surface area contributed by atoms with Gasteiger partial charge in [0, 0.05) is 22.6 Å². The van der Waals surface area contributed by atoms with Gasteiger partial charge < -0.3 is 10.1 Å². The van der Waals surface area contributed by atoms with E-state index in [2.05, 4.69) is 11.4 Å². The highest BCUT2D eigenvalue weighted by molar-refractivity contribution is 5.98. The summed E-state index contributed by atoms with van der Waals surface area (Å²) in [6, 6.07) is 18.3. The van der Waals surface area contributed by atoms with Gasteiger partial charge in [-0.2, -0.15) is 10.4 Å². The highest BCUT2D eigenvalue weighted by atomic mass is 16.5. The summed E-state index contributed by atoms with van der Waals surface area (Å²) in [6.45, 7) is 0.432. The number of hydrogen-bond acceptors (Lipinski definition) is 4. The molecule has 2 fully saturated rings. The molecule has 1 aromatic heterocycles. The van der Waals surface area contributed by atoms with E-state index in [-0.39, 0.29) is 18.1 Å². The molecule has 0 spiro atoms. The van der Waals surface area contributed by atoms with Crippen LogP contribution in [0.1, 0.15) is 42.3 Å². The molecule has 2 atom stereocenters. The van der Waals surface area contributed by atoms with Gasteiger partial charge in [0.25, 0.3) is 5.91 Å². The number of para-hydroxylation sites is 1. The van der Waals surface area contributed by atoms with Crippen molar-refractivity contribution >= 4 is 16.8 Å². The zero-order valence-corrected chi connectivity index (χ0v) is 16.0. The van der Waals surface area contributed by atoms with Crippen molar-refractivity contribution in [1.82, 2.24) is 15.1 Å². The zero-order valence-electron chi connectivity index (χ0n) is 16.0. The summed E-state index contributed by atoms with van der Waals surface area (Å²) in [5.74, 6) is -0.0783. The first-order chi connectivity index (χ1) is 14.2. The van der Waals surface area contributed by atoms with E-state index in [1.54, 1.807) is 0 Å². The molecular formula is C23H22N4O2. The van der Waals surface area contributed by atoms with Crippen molar-refractivity contribution in [3.8, 4) is 17.3 Å². The number of carbonyl (C=O) groups is 1. The third-order valence-corrected chi connectivity index (χ3v) is 5.63. The smallest absolute Gasteiger partial charge is 0.251 e. The van der Waals surface area contributed by atoms with E-state index in [4.69, 9.17) is 15.1 Å². The molecule has 6 nitrogen and oxygen atoms in total. The molecular weight excluding hydrogens is 364 g/mol. The number of fused-ring (bicyclic) bond motifs is 1. The van der Waals surface area contributed by atoms with E-state index < -0.39 is 0 Å². The lowest BCUT2D eigenvalue weighted by Crippen LogP contribution is -2.25. The minimum Gasteiger partial charge on any atom is -0.355 e. The second-order valence-electron chi connectivity index (χ2n) is 7.83. The Kier molecular flexibility index (Phi) is 4.53. The van der Waals surface area contributed by atoms with Crippen LogP contribution in [0, 0.1) is 17.2 Å². The van der Waals surface area contributed by atoms with Crippen molar-refractivity contribution < 1.29 is 9.53 Å². The third kappa shape index (κ3) is 3.50. The van der Waals surface area contributed by atoms with E-state index in [0.717, 1.165) is 47.8 Å². The Morgan fingerprint density at radius 1 is 1.14 bits per heavy atom. The SMILES string of the molecule is N#CC1CCC(n2nc(-c3cccc(C(=O)NC4CC4)c3)c3ccccc32)OC1. The number of rotatable bonds is 4. The molecule has 5 rings (SSSR count). The number of carbonyl (C=O) groups excluding carboxylic acids is 1. The van der Waals surface area contributed by atoms with Crippen molar-refractivity contribution in [3.63, 3.8) is 0 Å². The monoisotopic (exact) mass is 386 g/mol. The molecule has 1 N–H and O–H groups in total. The Labute approximate surface area is 169 Å². The van der Waals surface area contributed by atoms with E-state index in [1.165, 1.54) is 0 Å². The molecule has 2 unspecified atom stereocenters. The topological polar surface area (TPSA) is 79.9 Å². The fourth-order valence-corrected chi connectivity index (χ4v) is 3.86. The molecule has 2 heterocycles. The van der Waals surface area contributed by atoms with Gasteiger partial charge in [-0.15, -0.1) is 0 Å². The van der Waals surface area contributed by atoms with Crippen LogP contribution in [0.25, 0.3) is 22.2 Å². The second-order valence-corrected chi connectivity index (χ2v) is 7.83. The minimum atomic E-state index is -0.181. The molecule has 1 aliphatic heterocycles. The molecule has 146 valence electrons. The summed E-state index contributed by atoms with van der Waals surface area (Å²) in [7, 11) is 0. The summed E-state index contributed by atoms with van der Waals surface area (Å²) in [6.07, 6.45) is 3.51. The van der Waals surface area contributed by atoms with Gasteiger partial charge in [0.1, 0.15) is 5.69 Å². The average molecular weight is 386 g/mol. The van der Waals surface area contributed by atoms with E-state index in [1.807, 2.05) is 53.2 Å². The zero-order chi connectivity index (χ0) is 19.8. The molecule has 2 aromatic carbocycles. The summed E-state index contributed by atoms with van der Waals surface area (Å²) in [5, 5.41) is 18.1. The quantitative estimate of drug-likeness (QED) is 0.734. The molecule has 6 heteroatoms. The number of aromatic nitrogens is 2. The number of ether oxygens (including phenoxy) is 1. The van der Waals surface area contributed by atoms with E-state index in [0.29, 0.717) is 18.2 Å². The Balaban J connectivity index is 1.51. The molecule has 0 bridgehead atoms. The van der Waals surface area contributed by atoms with Crippen molar-refractivity contribution in [2.45, 2.75) is 38.0 Å². The summed E-state index contributed by atoms with van der Waals surface area (Å²) in [5.41, 5.74) is 3.40. The Morgan fingerprint density at radius 3 is 2.76 bits per heavy atom. The van der Waals surface area contributed by atoms with Crippen LogP contribution in [0.15, 0.2) is 48.5 Å². The highest BCUT2D eigenvalue weighted by Gasteiger charge is 2.26. The lowest BCUT2D eigenvalue weighted by molar-refractivity contribution is -0.0515. The van der Waals surface area contributed by atoms with Crippen LogP contribution in [-0.2, 0) is 4.74 Å².